The molecule has 0 fully saturated rings. The first-order chi connectivity index (χ1) is 13.8. The number of pyridine rings is 1. The van der Waals surface area contributed by atoms with Crippen LogP contribution in [0.25, 0.3) is 0 Å². The number of amides is 1. The molecule has 0 radical (unpaired) electrons. The molecular formula is C20H14ClF3N4O. The average molecular weight is 419 g/mol. The third-order valence-corrected chi connectivity index (χ3v) is 4.00. The van der Waals surface area contributed by atoms with Gasteiger partial charge in [0.25, 0.3) is 5.91 Å². The van der Waals surface area contributed by atoms with Gasteiger partial charge >= 0.3 is 6.18 Å². The van der Waals surface area contributed by atoms with Crippen LogP contribution < -0.4 is 10.7 Å². The van der Waals surface area contributed by atoms with E-state index < -0.39 is 17.8 Å². The molecule has 3 rings (SSSR count). The highest BCUT2D eigenvalue weighted by atomic mass is 35.5. The number of nitrogens with one attached hydrogen (secondary N) is 2. The molecule has 1 heterocycles. The number of anilines is 2. The van der Waals surface area contributed by atoms with Gasteiger partial charge in [-0.25, -0.2) is 5.43 Å². The first kappa shape index (κ1) is 20.3. The van der Waals surface area contributed by atoms with E-state index in [2.05, 4.69) is 20.8 Å². The summed E-state index contributed by atoms with van der Waals surface area (Å²) in [6.45, 7) is 0. The number of hydrazone groups is 1. The van der Waals surface area contributed by atoms with Gasteiger partial charge in [-0.05, 0) is 42.0 Å². The maximum atomic E-state index is 12.8. The lowest BCUT2D eigenvalue weighted by Gasteiger charge is -2.12. The van der Waals surface area contributed by atoms with E-state index in [0.717, 1.165) is 17.8 Å². The van der Waals surface area contributed by atoms with Gasteiger partial charge in [-0.1, -0.05) is 35.9 Å². The van der Waals surface area contributed by atoms with Gasteiger partial charge in [0.15, 0.2) is 0 Å². The maximum Gasteiger partial charge on any atom is 0.433 e. The number of hydrogen-bond acceptors (Lipinski definition) is 4. The summed E-state index contributed by atoms with van der Waals surface area (Å²) in [7, 11) is 0. The molecule has 2 N–H and O–H groups in total. The molecule has 9 heteroatoms. The summed E-state index contributed by atoms with van der Waals surface area (Å²) in [5.74, 6) is -0.525. The largest absolute Gasteiger partial charge is 0.433 e. The van der Waals surface area contributed by atoms with E-state index in [1.165, 1.54) is 18.3 Å². The number of carbonyl (C=O) groups excluding carboxylic acids is 1. The average Bonchev–Trinajstić information content (AvgIpc) is 2.69. The molecule has 1 amide bonds. The standard InChI is InChI=1S/C20H14ClF3N4O/c21-14-7-5-13(6-8-14)12-26-28-19(29)16-3-1-2-4-17(16)27-15-9-10-25-18(11-15)20(22,23)24/h1-12H,(H,25,27)(H,28,29)/b26-12+. The molecule has 1 aromatic heterocycles. The van der Waals surface area contributed by atoms with Gasteiger partial charge in [-0.3, -0.25) is 9.78 Å². The van der Waals surface area contributed by atoms with Crippen molar-refractivity contribution < 1.29 is 18.0 Å². The topological polar surface area (TPSA) is 66.4 Å². The Labute approximate surface area is 169 Å². The van der Waals surface area contributed by atoms with E-state index in [1.54, 1.807) is 42.5 Å². The van der Waals surface area contributed by atoms with Gasteiger partial charge in [-0.2, -0.15) is 18.3 Å². The minimum atomic E-state index is -4.56. The minimum absolute atomic E-state index is 0.150. The number of alkyl halides is 3. The fraction of sp³-hybridized carbons (Fsp3) is 0.0500. The molecular weight excluding hydrogens is 405 g/mol. The predicted molar refractivity (Wildman–Crippen MR) is 105 cm³/mol. The predicted octanol–water partition coefficient (Wildman–Crippen LogP) is 5.26. The quantitative estimate of drug-likeness (QED) is 0.438. The van der Waals surface area contributed by atoms with E-state index in [1.807, 2.05) is 0 Å². The molecule has 0 aliphatic heterocycles. The van der Waals surface area contributed by atoms with Crippen LogP contribution >= 0.6 is 11.6 Å². The third-order valence-electron chi connectivity index (χ3n) is 3.75. The van der Waals surface area contributed by atoms with Crippen LogP contribution in [0.3, 0.4) is 0 Å². The Morgan fingerprint density at radius 3 is 2.52 bits per heavy atom. The van der Waals surface area contributed by atoms with Crippen molar-refractivity contribution in [3.63, 3.8) is 0 Å². The molecule has 0 aliphatic carbocycles. The summed E-state index contributed by atoms with van der Waals surface area (Å²) in [6.07, 6.45) is -2.07. The smallest absolute Gasteiger partial charge is 0.355 e. The van der Waals surface area contributed by atoms with Crippen molar-refractivity contribution in [2.45, 2.75) is 6.18 Å². The summed E-state index contributed by atoms with van der Waals surface area (Å²) in [5, 5.41) is 7.28. The fourth-order valence-corrected chi connectivity index (χ4v) is 2.51. The fourth-order valence-electron chi connectivity index (χ4n) is 2.38. The van der Waals surface area contributed by atoms with Crippen molar-refractivity contribution in [3.8, 4) is 0 Å². The van der Waals surface area contributed by atoms with Gasteiger partial charge in [0.05, 0.1) is 17.5 Å². The van der Waals surface area contributed by atoms with Crippen LogP contribution in [0.15, 0.2) is 72.0 Å². The number of benzene rings is 2. The van der Waals surface area contributed by atoms with Crippen molar-refractivity contribution >= 4 is 35.1 Å². The van der Waals surface area contributed by atoms with Crippen LogP contribution in [-0.2, 0) is 6.18 Å². The van der Waals surface area contributed by atoms with Crippen LogP contribution in [0.2, 0.25) is 5.02 Å². The molecule has 3 aromatic rings. The Morgan fingerprint density at radius 1 is 1.07 bits per heavy atom. The highest BCUT2D eigenvalue weighted by Gasteiger charge is 2.32. The van der Waals surface area contributed by atoms with Crippen molar-refractivity contribution in [1.82, 2.24) is 10.4 Å². The Kier molecular flexibility index (Phi) is 6.13. The zero-order chi connectivity index (χ0) is 20.9. The second kappa shape index (κ2) is 8.74. The zero-order valence-electron chi connectivity index (χ0n) is 14.7. The van der Waals surface area contributed by atoms with Crippen molar-refractivity contribution in [3.05, 3.63) is 88.7 Å². The lowest BCUT2D eigenvalue weighted by atomic mass is 10.1. The SMILES string of the molecule is O=C(N/N=C/c1ccc(Cl)cc1)c1ccccc1Nc1ccnc(C(F)(F)F)c1. The van der Waals surface area contributed by atoms with Crippen LogP contribution in [0.5, 0.6) is 0 Å². The number of rotatable bonds is 5. The molecule has 5 nitrogen and oxygen atoms in total. The van der Waals surface area contributed by atoms with Crippen LogP contribution in [0.1, 0.15) is 21.6 Å². The van der Waals surface area contributed by atoms with Crippen LogP contribution in [0.4, 0.5) is 24.5 Å². The highest BCUT2D eigenvalue weighted by Crippen LogP contribution is 2.30. The molecule has 0 unspecified atom stereocenters. The van der Waals surface area contributed by atoms with Gasteiger partial charge < -0.3 is 5.32 Å². The highest BCUT2D eigenvalue weighted by molar-refractivity contribution is 6.30. The Bertz CT molecular complexity index is 1040. The number of carbonyl (C=O) groups is 1. The number of halogens is 4. The monoisotopic (exact) mass is 418 g/mol. The van der Waals surface area contributed by atoms with E-state index in [0.29, 0.717) is 10.7 Å². The van der Waals surface area contributed by atoms with Crippen molar-refractivity contribution in [1.29, 1.82) is 0 Å². The maximum absolute atomic E-state index is 12.8. The Morgan fingerprint density at radius 2 is 1.79 bits per heavy atom. The molecule has 0 atom stereocenters. The van der Waals surface area contributed by atoms with E-state index >= 15 is 0 Å². The second-order valence-electron chi connectivity index (χ2n) is 5.85. The lowest BCUT2D eigenvalue weighted by molar-refractivity contribution is -0.141. The number of aromatic nitrogens is 1. The van der Waals surface area contributed by atoms with Crippen molar-refractivity contribution in [2.24, 2.45) is 5.10 Å². The molecule has 0 saturated carbocycles. The summed E-state index contributed by atoms with van der Waals surface area (Å²) < 4.78 is 38.5. The molecule has 0 bridgehead atoms. The summed E-state index contributed by atoms with van der Waals surface area (Å²) >= 11 is 5.81. The minimum Gasteiger partial charge on any atom is -0.355 e. The molecule has 148 valence electrons. The number of para-hydroxylation sites is 1. The summed E-state index contributed by atoms with van der Waals surface area (Å²) in [4.78, 5) is 15.8. The number of hydrogen-bond donors (Lipinski definition) is 2. The Hall–Kier alpha value is -3.39. The van der Waals surface area contributed by atoms with Gasteiger partial charge in [0.2, 0.25) is 0 Å². The van der Waals surface area contributed by atoms with E-state index in [9.17, 15) is 18.0 Å². The van der Waals surface area contributed by atoms with Crippen molar-refractivity contribution in [2.75, 3.05) is 5.32 Å². The molecule has 0 spiro atoms. The molecule has 0 aliphatic rings. The zero-order valence-corrected chi connectivity index (χ0v) is 15.5. The third kappa shape index (κ3) is 5.55. The molecule has 29 heavy (non-hydrogen) atoms. The summed E-state index contributed by atoms with van der Waals surface area (Å²) in [5.41, 5.74) is 2.78. The first-order valence-corrected chi connectivity index (χ1v) is 8.69. The van der Waals surface area contributed by atoms with E-state index in [-0.39, 0.29) is 11.3 Å². The lowest BCUT2D eigenvalue weighted by Crippen LogP contribution is -2.19. The number of nitrogens with zero attached hydrogens (tertiary/aromatic N) is 2. The van der Waals surface area contributed by atoms with Gasteiger partial charge in [0, 0.05) is 16.9 Å². The van der Waals surface area contributed by atoms with E-state index in [4.69, 9.17) is 11.6 Å². The summed E-state index contributed by atoms with van der Waals surface area (Å²) in [6, 6.07) is 15.5. The molecule has 0 saturated heterocycles. The second-order valence-corrected chi connectivity index (χ2v) is 6.29. The normalized spacial score (nSPS) is 11.4. The van der Waals surface area contributed by atoms with Crippen LogP contribution in [-0.4, -0.2) is 17.1 Å². The first-order valence-electron chi connectivity index (χ1n) is 8.31. The van der Waals surface area contributed by atoms with Crippen LogP contribution in [0, 0.1) is 0 Å². The molecule has 2 aromatic carbocycles. The Balaban J connectivity index is 1.75. The van der Waals surface area contributed by atoms with Gasteiger partial charge in [0.1, 0.15) is 5.69 Å². The van der Waals surface area contributed by atoms with Gasteiger partial charge in [-0.15, -0.1) is 0 Å².